The molecule has 0 spiro atoms. The van der Waals surface area contributed by atoms with Crippen molar-refractivity contribution < 1.29 is 4.79 Å². The largest absolute Gasteiger partial charge is 0.327 e. The highest BCUT2D eigenvalue weighted by Gasteiger charge is 2.22. The van der Waals surface area contributed by atoms with Crippen LogP contribution in [0.5, 0.6) is 0 Å². The number of hydrogen-bond acceptors (Lipinski definition) is 2. The van der Waals surface area contributed by atoms with E-state index in [1.165, 1.54) is 16.7 Å². The Morgan fingerprint density at radius 2 is 1.91 bits per heavy atom. The zero-order valence-corrected chi connectivity index (χ0v) is 12.9. The highest BCUT2D eigenvalue weighted by molar-refractivity contribution is 5.74. The average molecular weight is 295 g/mol. The molecule has 0 N–H and O–H groups in total. The van der Waals surface area contributed by atoms with Crippen LogP contribution in [0.1, 0.15) is 16.7 Å². The number of pyridine rings is 1. The Kier molecular flexibility index (Phi) is 4.37. The molecular formula is C18H21N3O. The first kappa shape index (κ1) is 14.6. The Hall–Kier alpha value is -2.36. The van der Waals surface area contributed by atoms with Crippen LogP contribution in [0, 0.1) is 0 Å². The summed E-state index contributed by atoms with van der Waals surface area (Å²) in [5.41, 5.74) is 3.84. The fourth-order valence-corrected chi connectivity index (χ4v) is 2.84. The lowest BCUT2D eigenvalue weighted by atomic mass is 10.0. The van der Waals surface area contributed by atoms with Gasteiger partial charge >= 0.3 is 6.03 Å². The van der Waals surface area contributed by atoms with Gasteiger partial charge in [0.2, 0.25) is 0 Å². The molecule has 1 aliphatic rings. The molecule has 1 aliphatic heterocycles. The van der Waals surface area contributed by atoms with Crippen LogP contribution in [0.25, 0.3) is 0 Å². The molecule has 114 valence electrons. The maximum Gasteiger partial charge on any atom is 0.320 e. The monoisotopic (exact) mass is 295 g/mol. The Bertz CT molecular complexity index is 642. The van der Waals surface area contributed by atoms with Crippen molar-refractivity contribution in [2.45, 2.75) is 19.4 Å². The third-order valence-corrected chi connectivity index (χ3v) is 4.21. The number of likely N-dealkylation sites (N-methyl/N-ethyl adjacent to an activating group) is 1. The van der Waals surface area contributed by atoms with E-state index in [4.69, 9.17) is 0 Å². The number of carbonyl (C=O) groups is 1. The lowest BCUT2D eigenvalue weighted by molar-refractivity contribution is 0.158. The summed E-state index contributed by atoms with van der Waals surface area (Å²) < 4.78 is 0. The molecule has 0 bridgehead atoms. The van der Waals surface area contributed by atoms with Gasteiger partial charge in [-0.3, -0.25) is 4.98 Å². The van der Waals surface area contributed by atoms with Crippen molar-refractivity contribution in [3.05, 3.63) is 65.5 Å². The summed E-state index contributed by atoms with van der Waals surface area (Å²) in [6.45, 7) is 2.24. The Morgan fingerprint density at radius 1 is 1.18 bits per heavy atom. The maximum absolute atomic E-state index is 12.6. The van der Waals surface area contributed by atoms with Gasteiger partial charge in [-0.2, -0.15) is 0 Å². The number of hydrogen-bond donors (Lipinski definition) is 0. The first-order chi connectivity index (χ1) is 10.7. The molecule has 1 aromatic heterocycles. The molecule has 0 aliphatic carbocycles. The summed E-state index contributed by atoms with van der Waals surface area (Å²) in [5.74, 6) is 0. The lowest BCUT2D eigenvalue weighted by Gasteiger charge is -2.32. The zero-order valence-electron chi connectivity index (χ0n) is 12.9. The molecule has 4 nitrogen and oxygen atoms in total. The molecule has 4 heteroatoms. The molecular weight excluding hydrogens is 274 g/mol. The molecule has 22 heavy (non-hydrogen) atoms. The molecule has 2 aromatic rings. The number of fused-ring (bicyclic) bond motifs is 1. The molecule has 0 fully saturated rings. The molecule has 2 amide bonds. The van der Waals surface area contributed by atoms with E-state index in [1.807, 2.05) is 35.0 Å². The smallest absolute Gasteiger partial charge is 0.320 e. The molecule has 3 rings (SSSR count). The van der Waals surface area contributed by atoms with Gasteiger partial charge in [-0.05, 0) is 41.7 Å². The number of urea groups is 1. The number of nitrogens with zero attached hydrogens (tertiary/aromatic N) is 3. The minimum Gasteiger partial charge on any atom is -0.327 e. The van der Waals surface area contributed by atoms with Crippen LogP contribution < -0.4 is 0 Å². The molecule has 0 radical (unpaired) electrons. The van der Waals surface area contributed by atoms with Crippen molar-refractivity contribution in [1.82, 2.24) is 14.8 Å². The van der Waals surface area contributed by atoms with Gasteiger partial charge in [-0.15, -0.1) is 0 Å². The fourth-order valence-electron chi connectivity index (χ4n) is 2.84. The van der Waals surface area contributed by atoms with E-state index in [0.717, 1.165) is 25.9 Å². The van der Waals surface area contributed by atoms with E-state index in [0.29, 0.717) is 6.54 Å². The second-order valence-corrected chi connectivity index (χ2v) is 5.75. The van der Waals surface area contributed by atoms with E-state index in [2.05, 4.69) is 23.2 Å². The van der Waals surface area contributed by atoms with Crippen LogP contribution in [-0.2, 0) is 19.4 Å². The van der Waals surface area contributed by atoms with Crippen molar-refractivity contribution in [3.63, 3.8) is 0 Å². The minimum atomic E-state index is 0.114. The van der Waals surface area contributed by atoms with E-state index < -0.39 is 0 Å². The Labute approximate surface area is 131 Å². The first-order valence-corrected chi connectivity index (χ1v) is 7.70. The highest BCUT2D eigenvalue weighted by Crippen LogP contribution is 2.19. The summed E-state index contributed by atoms with van der Waals surface area (Å²) in [6.07, 6.45) is 5.38. The quantitative estimate of drug-likeness (QED) is 0.873. The fraction of sp³-hybridized carbons (Fsp3) is 0.333. The minimum absolute atomic E-state index is 0.114. The highest BCUT2D eigenvalue weighted by atomic mass is 16.2. The third-order valence-electron chi connectivity index (χ3n) is 4.21. The van der Waals surface area contributed by atoms with Crippen LogP contribution in [0.3, 0.4) is 0 Å². The first-order valence-electron chi connectivity index (χ1n) is 7.70. The van der Waals surface area contributed by atoms with Crippen LogP contribution in [0.4, 0.5) is 4.79 Å². The Morgan fingerprint density at radius 3 is 2.68 bits per heavy atom. The lowest BCUT2D eigenvalue weighted by Crippen LogP contribution is -2.44. The van der Waals surface area contributed by atoms with Gasteiger partial charge in [0.05, 0.1) is 0 Å². The van der Waals surface area contributed by atoms with Crippen LogP contribution in [-0.4, -0.2) is 41.0 Å². The number of carbonyl (C=O) groups excluding carboxylic acids is 1. The molecule has 0 saturated carbocycles. The second-order valence-electron chi connectivity index (χ2n) is 5.75. The number of amides is 2. The van der Waals surface area contributed by atoms with Crippen molar-refractivity contribution in [1.29, 1.82) is 0 Å². The summed E-state index contributed by atoms with van der Waals surface area (Å²) >= 11 is 0. The van der Waals surface area contributed by atoms with Crippen molar-refractivity contribution in [3.8, 4) is 0 Å². The molecule has 1 aromatic carbocycles. The van der Waals surface area contributed by atoms with Gasteiger partial charge in [0, 0.05) is 39.1 Å². The van der Waals surface area contributed by atoms with E-state index >= 15 is 0 Å². The van der Waals surface area contributed by atoms with Crippen LogP contribution >= 0.6 is 0 Å². The zero-order chi connectivity index (χ0) is 15.4. The summed E-state index contributed by atoms with van der Waals surface area (Å²) in [4.78, 5) is 20.3. The average Bonchev–Trinajstić information content (AvgIpc) is 2.59. The number of aromatic nitrogens is 1. The van der Waals surface area contributed by atoms with Gasteiger partial charge in [-0.1, -0.05) is 24.3 Å². The SMILES string of the molecule is CN(CCc1ccncc1)C(=O)N1CCc2ccccc2C1. The molecule has 0 saturated heterocycles. The van der Waals surface area contributed by atoms with Crippen molar-refractivity contribution >= 4 is 6.03 Å². The van der Waals surface area contributed by atoms with Gasteiger partial charge in [0.1, 0.15) is 0 Å². The van der Waals surface area contributed by atoms with E-state index in [-0.39, 0.29) is 6.03 Å². The second kappa shape index (κ2) is 6.60. The van der Waals surface area contributed by atoms with Gasteiger partial charge in [-0.25, -0.2) is 4.79 Å². The van der Waals surface area contributed by atoms with Gasteiger partial charge in [0.25, 0.3) is 0 Å². The maximum atomic E-state index is 12.6. The van der Waals surface area contributed by atoms with Crippen molar-refractivity contribution in [2.24, 2.45) is 0 Å². The molecule has 0 unspecified atom stereocenters. The van der Waals surface area contributed by atoms with E-state index in [1.54, 1.807) is 12.4 Å². The Balaban J connectivity index is 1.57. The number of benzene rings is 1. The predicted octanol–water partition coefficient (Wildman–Crippen LogP) is 2.73. The van der Waals surface area contributed by atoms with E-state index in [9.17, 15) is 4.79 Å². The summed E-state index contributed by atoms with van der Waals surface area (Å²) in [5, 5.41) is 0. The summed E-state index contributed by atoms with van der Waals surface area (Å²) in [7, 11) is 1.88. The van der Waals surface area contributed by atoms with Gasteiger partial charge < -0.3 is 9.80 Å². The van der Waals surface area contributed by atoms with Gasteiger partial charge in [0.15, 0.2) is 0 Å². The predicted molar refractivity (Wildman–Crippen MR) is 86.5 cm³/mol. The summed E-state index contributed by atoms with van der Waals surface area (Å²) in [6, 6.07) is 12.5. The van der Waals surface area contributed by atoms with Crippen LogP contribution in [0.15, 0.2) is 48.8 Å². The van der Waals surface area contributed by atoms with Crippen LogP contribution in [0.2, 0.25) is 0 Å². The molecule has 0 atom stereocenters. The van der Waals surface area contributed by atoms with Crippen molar-refractivity contribution in [2.75, 3.05) is 20.1 Å². The number of rotatable bonds is 3. The normalized spacial score (nSPS) is 13.6. The standard InChI is InChI=1S/C18H21N3O/c1-20(12-8-15-6-10-19-11-7-15)18(22)21-13-9-16-4-2-3-5-17(16)14-21/h2-7,10-11H,8-9,12-14H2,1H3. The third kappa shape index (κ3) is 3.27. The topological polar surface area (TPSA) is 36.4 Å². The molecule has 2 heterocycles.